The highest BCUT2D eigenvalue weighted by atomic mass is 79.9. The number of carboxylic acids is 1. The molecule has 98 valence electrons. The van der Waals surface area contributed by atoms with E-state index in [0.717, 1.165) is 4.47 Å². The van der Waals surface area contributed by atoms with Crippen LogP contribution in [0.3, 0.4) is 0 Å². The van der Waals surface area contributed by atoms with Gasteiger partial charge < -0.3 is 10.0 Å². The average Bonchev–Trinajstić information content (AvgIpc) is 2.71. The number of halogens is 1. The van der Waals surface area contributed by atoms with Gasteiger partial charge in [-0.05, 0) is 17.7 Å². The van der Waals surface area contributed by atoms with Crippen LogP contribution in [0.5, 0.6) is 0 Å². The second kappa shape index (κ2) is 5.45. The highest BCUT2D eigenvalue weighted by Crippen LogP contribution is 2.30. The molecule has 2 unspecified atom stereocenters. The number of carbonyl (C=O) groups excluding carboxylic acids is 1. The number of nitrogens with zero attached hydrogens (tertiary/aromatic N) is 1. The SMILES string of the molecule is C#CC1CC(=O)N(C(C(=O)O)c2cccc(Br)c2)C1. The van der Waals surface area contributed by atoms with Gasteiger partial charge in [0.05, 0.1) is 0 Å². The molecule has 1 aliphatic rings. The Labute approximate surface area is 119 Å². The smallest absolute Gasteiger partial charge is 0.331 e. The summed E-state index contributed by atoms with van der Waals surface area (Å²) in [5.41, 5.74) is 0.563. The Balaban J connectivity index is 2.35. The van der Waals surface area contributed by atoms with E-state index in [4.69, 9.17) is 6.42 Å². The molecular weight excluding hydrogens is 310 g/mol. The van der Waals surface area contributed by atoms with Crippen LogP contribution in [0.2, 0.25) is 0 Å². The van der Waals surface area contributed by atoms with E-state index >= 15 is 0 Å². The number of hydrogen-bond acceptors (Lipinski definition) is 2. The second-order valence-corrected chi connectivity index (χ2v) is 5.33. The molecule has 4 nitrogen and oxygen atoms in total. The van der Waals surface area contributed by atoms with E-state index in [1.807, 2.05) is 0 Å². The summed E-state index contributed by atoms with van der Waals surface area (Å²) in [6.45, 7) is 0.290. The van der Waals surface area contributed by atoms with Crippen molar-refractivity contribution in [1.82, 2.24) is 4.90 Å². The maximum Gasteiger partial charge on any atom is 0.331 e. The van der Waals surface area contributed by atoms with Gasteiger partial charge in [0.15, 0.2) is 6.04 Å². The number of terminal acetylenes is 1. The molecule has 1 aromatic rings. The quantitative estimate of drug-likeness (QED) is 0.867. The minimum Gasteiger partial charge on any atom is -0.479 e. The molecule has 5 heteroatoms. The molecule has 0 radical (unpaired) electrons. The van der Waals surface area contributed by atoms with Gasteiger partial charge in [-0.25, -0.2) is 4.79 Å². The van der Waals surface area contributed by atoms with E-state index in [2.05, 4.69) is 21.9 Å². The maximum absolute atomic E-state index is 11.9. The van der Waals surface area contributed by atoms with Crippen LogP contribution in [0.15, 0.2) is 28.7 Å². The zero-order valence-electron chi connectivity index (χ0n) is 10.0. The number of benzene rings is 1. The molecule has 1 fully saturated rings. The predicted molar refractivity (Wildman–Crippen MR) is 73.2 cm³/mol. The van der Waals surface area contributed by atoms with Gasteiger partial charge >= 0.3 is 5.97 Å². The van der Waals surface area contributed by atoms with Crippen LogP contribution in [0, 0.1) is 18.3 Å². The Bertz CT molecular complexity index is 564. The van der Waals surface area contributed by atoms with Gasteiger partial charge in [0.2, 0.25) is 5.91 Å². The van der Waals surface area contributed by atoms with Crippen molar-refractivity contribution in [2.75, 3.05) is 6.54 Å². The summed E-state index contributed by atoms with van der Waals surface area (Å²) >= 11 is 3.30. The highest BCUT2D eigenvalue weighted by Gasteiger charge is 2.37. The molecule has 2 rings (SSSR count). The van der Waals surface area contributed by atoms with Crippen LogP contribution in [-0.2, 0) is 9.59 Å². The summed E-state index contributed by atoms with van der Waals surface area (Å²) in [7, 11) is 0. The first-order valence-electron chi connectivity index (χ1n) is 5.76. The third kappa shape index (κ3) is 2.79. The average molecular weight is 322 g/mol. The van der Waals surface area contributed by atoms with Gasteiger partial charge in [-0.3, -0.25) is 4.79 Å². The minimum atomic E-state index is -1.05. The summed E-state index contributed by atoms with van der Waals surface area (Å²) in [6, 6.07) is 5.96. The Hall–Kier alpha value is -1.80. The molecule has 1 heterocycles. The summed E-state index contributed by atoms with van der Waals surface area (Å²) in [5, 5.41) is 9.39. The zero-order chi connectivity index (χ0) is 14.0. The first kappa shape index (κ1) is 13.6. The van der Waals surface area contributed by atoms with Crippen molar-refractivity contribution in [2.45, 2.75) is 12.5 Å². The van der Waals surface area contributed by atoms with E-state index in [1.165, 1.54) is 4.90 Å². The summed E-state index contributed by atoms with van der Waals surface area (Å²) in [5.74, 6) is 1.04. The maximum atomic E-state index is 11.9. The van der Waals surface area contributed by atoms with Crippen molar-refractivity contribution in [1.29, 1.82) is 0 Å². The number of aliphatic carboxylic acids is 1. The second-order valence-electron chi connectivity index (χ2n) is 4.41. The molecule has 1 saturated heterocycles. The number of likely N-dealkylation sites (tertiary alicyclic amines) is 1. The monoisotopic (exact) mass is 321 g/mol. The first-order chi connectivity index (χ1) is 9.02. The van der Waals surface area contributed by atoms with E-state index in [-0.39, 0.29) is 18.2 Å². The molecule has 0 bridgehead atoms. The van der Waals surface area contributed by atoms with Gasteiger partial charge in [0.1, 0.15) is 0 Å². The minimum absolute atomic E-state index is 0.207. The molecular formula is C14H12BrNO3. The number of carboxylic acid groups (broad SMARTS) is 1. The van der Waals surface area contributed by atoms with Crippen molar-refractivity contribution in [2.24, 2.45) is 5.92 Å². The summed E-state index contributed by atoms with van der Waals surface area (Å²) in [4.78, 5) is 24.7. The zero-order valence-corrected chi connectivity index (χ0v) is 11.6. The molecule has 1 N–H and O–H groups in total. The van der Waals surface area contributed by atoms with Crippen LogP contribution in [0.4, 0.5) is 0 Å². The Morgan fingerprint density at radius 1 is 1.58 bits per heavy atom. The molecule has 19 heavy (non-hydrogen) atoms. The van der Waals surface area contributed by atoms with Gasteiger partial charge in [-0.2, -0.15) is 0 Å². The fraction of sp³-hybridized carbons (Fsp3) is 0.286. The van der Waals surface area contributed by atoms with E-state index < -0.39 is 12.0 Å². The lowest BCUT2D eigenvalue weighted by molar-refractivity contribution is -0.148. The van der Waals surface area contributed by atoms with Crippen LogP contribution < -0.4 is 0 Å². The fourth-order valence-electron chi connectivity index (χ4n) is 2.23. The molecule has 1 amide bonds. The lowest BCUT2D eigenvalue weighted by Crippen LogP contribution is -2.35. The topological polar surface area (TPSA) is 57.6 Å². The van der Waals surface area contributed by atoms with Crippen molar-refractivity contribution in [3.63, 3.8) is 0 Å². The van der Waals surface area contributed by atoms with Crippen LogP contribution in [-0.4, -0.2) is 28.4 Å². The van der Waals surface area contributed by atoms with Gasteiger partial charge in [0, 0.05) is 23.4 Å². The fourth-order valence-corrected chi connectivity index (χ4v) is 2.64. The van der Waals surface area contributed by atoms with E-state index in [9.17, 15) is 14.7 Å². The van der Waals surface area contributed by atoms with Crippen molar-refractivity contribution in [3.05, 3.63) is 34.3 Å². The lowest BCUT2D eigenvalue weighted by atomic mass is 10.1. The van der Waals surface area contributed by atoms with E-state index in [0.29, 0.717) is 12.1 Å². The first-order valence-corrected chi connectivity index (χ1v) is 6.56. The molecule has 0 spiro atoms. The lowest BCUT2D eigenvalue weighted by Gasteiger charge is -2.24. The largest absolute Gasteiger partial charge is 0.479 e. The van der Waals surface area contributed by atoms with Crippen molar-refractivity contribution >= 4 is 27.8 Å². The normalized spacial score (nSPS) is 20.1. The number of rotatable bonds is 3. The van der Waals surface area contributed by atoms with Gasteiger partial charge in [-0.1, -0.05) is 28.1 Å². The van der Waals surface area contributed by atoms with Gasteiger partial charge in [-0.15, -0.1) is 12.3 Å². The molecule has 0 aliphatic carbocycles. The van der Waals surface area contributed by atoms with Gasteiger partial charge in [0.25, 0.3) is 0 Å². The highest BCUT2D eigenvalue weighted by molar-refractivity contribution is 9.10. The van der Waals surface area contributed by atoms with Crippen LogP contribution >= 0.6 is 15.9 Å². The number of amides is 1. The van der Waals surface area contributed by atoms with Crippen LogP contribution in [0.25, 0.3) is 0 Å². The Kier molecular flexibility index (Phi) is 3.91. The standard InChI is InChI=1S/C14H12BrNO3/c1-2-9-6-12(17)16(8-9)13(14(18)19)10-4-3-5-11(15)7-10/h1,3-5,7,9,13H,6,8H2,(H,18,19). The molecule has 0 saturated carbocycles. The number of hydrogen-bond donors (Lipinski definition) is 1. The van der Waals surface area contributed by atoms with Crippen molar-refractivity contribution < 1.29 is 14.7 Å². The van der Waals surface area contributed by atoms with E-state index in [1.54, 1.807) is 24.3 Å². The third-order valence-electron chi connectivity index (χ3n) is 3.10. The molecule has 2 atom stereocenters. The van der Waals surface area contributed by atoms with Crippen molar-refractivity contribution in [3.8, 4) is 12.3 Å². The third-order valence-corrected chi connectivity index (χ3v) is 3.60. The molecule has 1 aromatic carbocycles. The molecule has 0 aromatic heterocycles. The Morgan fingerprint density at radius 3 is 2.84 bits per heavy atom. The molecule has 1 aliphatic heterocycles. The summed E-state index contributed by atoms with van der Waals surface area (Å²) in [6.07, 6.45) is 5.53. The number of carbonyl (C=O) groups is 2. The Morgan fingerprint density at radius 2 is 2.32 bits per heavy atom. The van der Waals surface area contributed by atoms with Crippen LogP contribution in [0.1, 0.15) is 18.0 Å². The predicted octanol–water partition coefficient (Wildman–Crippen LogP) is 2.06. The summed E-state index contributed by atoms with van der Waals surface area (Å²) < 4.78 is 0.774.